The third-order valence-corrected chi connectivity index (χ3v) is 4.33. The molecule has 1 aromatic rings. The molecule has 0 saturated carbocycles. The van der Waals surface area contributed by atoms with Gasteiger partial charge in [0.2, 0.25) is 5.91 Å². The molecule has 1 amide bonds. The molecule has 1 atom stereocenters. The van der Waals surface area contributed by atoms with Gasteiger partial charge in [-0.3, -0.25) is 14.9 Å². The van der Waals surface area contributed by atoms with E-state index < -0.39 is 10.5 Å². The first-order chi connectivity index (χ1) is 10.2. The molecule has 0 aliphatic carbocycles. The minimum absolute atomic E-state index is 0.0728. The number of nitro groups is 1. The molecule has 1 aliphatic heterocycles. The van der Waals surface area contributed by atoms with Crippen LogP contribution in [0.3, 0.4) is 0 Å². The molecule has 1 saturated heterocycles. The Morgan fingerprint density at radius 3 is 2.77 bits per heavy atom. The first-order valence-electron chi connectivity index (χ1n) is 7.15. The highest BCUT2D eigenvalue weighted by Crippen LogP contribution is 2.29. The lowest BCUT2D eigenvalue weighted by atomic mass is 9.96. The van der Waals surface area contributed by atoms with E-state index in [2.05, 4.69) is 0 Å². The third kappa shape index (κ3) is 3.56. The maximum atomic E-state index is 12.5. The van der Waals surface area contributed by atoms with Gasteiger partial charge in [-0.1, -0.05) is 17.7 Å². The number of non-ortho nitro benzene ring substituents is 1. The van der Waals surface area contributed by atoms with Crippen molar-refractivity contribution in [3.8, 4) is 0 Å². The topological polar surface area (TPSA) is 83.7 Å². The van der Waals surface area contributed by atoms with Crippen LogP contribution in [-0.4, -0.2) is 39.0 Å². The Balaban J connectivity index is 2.14. The van der Waals surface area contributed by atoms with Gasteiger partial charge in [0.05, 0.1) is 28.0 Å². The predicted octanol–water partition coefficient (Wildman–Crippen LogP) is 2.55. The van der Waals surface area contributed by atoms with Crippen LogP contribution in [-0.2, 0) is 11.2 Å². The van der Waals surface area contributed by atoms with Crippen LogP contribution >= 0.6 is 11.6 Å². The van der Waals surface area contributed by atoms with Gasteiger partial charge in [-0.05, 0) is 32.3 Å². The zero-order valence-corrected chi connectivity index (χ0v) is 13.3. The Morgan fingerprint density at radius 1 is 1.55 bits per heavy atom. The number of rotatable bonds is 4. The molecule has 6 nitrogen and oxygen atoms in total. The summed E-state index contributed by atoms with van der Waals surface area (Å²) in [6.07, 6.45) is 1.70. The number of likely N-dealkylation sites (tertiary alicyclic amines) is 1. The maximum absolute atomic E-state index is 12.5. The number of hydrogen-bond donors (Lipinski definition) is 1. The Hall–Kier alpha value is -1.66. The SMILES string of the molecule is CC(C)(O)C1CCCN1C(=O)Cc1ccc([N+](=O)[O-])cc1Cl. The van der Waals surface area contributed by atoms with Gasteiger partial charge in [0.25, 0.3) is 5.69 Å². The fourth-order valence-corrected chi connectivity index (χ4v) is 3.10. The van der Waals surface area contributed by atoms with Crippen LogP contribution in [0.5, 0.6) is 0 Å². The predicted molar refractivity (Wildman–Crippen MR) is 82.8 cm³/mol. The molecular weight excluding hydrogens is 308 g/mol. The van der Waals surface area contributed by atoms with Gasteiger partial charge in [0, 0.05) is 18.7 Å². The van der Waals surface area contributed by atoms with Gasteiger partial charge in [-0.15, -0.1) is 0 Å². The highest BCUT2D eigenvalue weighted by atomic mass is 35.5. The van der Waals surface area contributed by atoms with Gasteiger partial charge in [-0.2, -0.15) is 0 Å². The Morgan fingerprint density at radius 2 is 2.23 bits per heavy atom. The highest BCUT2D eigenvalue weighted by Gasteiger charge is 2.38. The van der Waals surface area contributed by atoms with Crippen molar-refractivity contribution in [2.24, 2.45) is 0 Å². The van der Waals surface area contributed by atoms with Gasteiger partial charge < -0.3 is 10.0 Å². The number of aliphatic hydroxyl groups is 1. The summed E-state index contributed by atoms with van der Waals surface area (Å²) in [6, 6.07) is 3.89. The number of amides is 1. The number of nitrogens with zero attached hydrogens (tertiary/aromatic N) is 2. The zero-order valence-electron chi connectivity index (χ0n) is 12.6. The van der Waals surface area contributed by atoms with E-state index in [0.717, 1.165) is 12.8 Å². The van der Waals surface area contributed by atoms with Gasteiger partial charge in [-0.25, -0.2) is 0 Å². The van der Waals surface area contributed by atoms with Crippen LogP contribution in [0.25, 0.3) is 0 Å². The quantitative estimate of drug-likeness (QED) is 0.680. The average molecular weight is 327 g/mol. The van der Waals surface area contributed by atoms with Crippen molar-refractivity contribution >= 4 is 23.2 Å². The van der Waals surface area contributed by atoms with Crippen LogP contribution in [0.4, 0.5) is 5.69 Å². The molecule has 1 unspecified atom stereocenters. The molecule has 0 spiro atoms. The van der Waals surface area contributed by atoms with E-state index in [1.165, 1.54) is 18.2 Å². The molecule has 7 heteroatoms. The maximum Gasteiger partial charge on any atom is 0.270 e. The molecule has 1 aromatic carbocycles. The summed E-state index contributed by atoms with van der Waals surface area (Å²) in [5.41, 5.74) is -0.499. The summed E-state index contributed by atoms with van der Waals surface area (Å²) in [5, 5.41) is 21.1. The van der Waals surface area contributed by atoms with Crippen molar-refractivity contribution < 1.29 is 14.8 Å². The second-order valence-electron chi connectivity index (χ2n) is 6.11. The van der Waals surface area contributed by atoms with E-state index >= 15 is 0 Å². The molecule has 1 N–H and O–H groups in total. The number of benzene rings is 1. The largest absolute Gasteiger partial charge is 0.388 e. The lowest BCUT2D eigenvalue weighted by molar-refractivity contribution is -0.384. The number of carbonyl (C=O) groups excluding carboxylic acids is 1. The first-order valence-corrected chi connectivity index (χ1v) is 7.52. The first kappa shape index (κ1) is 16.7. The standard InChI is InChI=1S/C15H19ClN2O4/c1-15(2,20)13-4-3-7-17(13)14(19)8-10-5-6-11(18(21)22)9-12(10)16/h5-6,9,13,20H,3-4,7-8H2,1-2H3. The molecular formula is C15H19ClN2O4. The molecule has 0 radical (unpaired) electrons. The average Bonchev–Trinajstić information content (AvgIpc) is 2.90. The molecule has 1 fully saturated rings. The van der Waals surface area contributed by atoms with Crippen molar-refractivity contribution in [3.63, 3.8) is 0 Å². The minimum atomic E-state index is -0.953. The van der Waals surface area contributed by atoms with Gasteiger partial charge >= 0.3 is 0 Å². The Bertz CT molecular complexity index is 598. The van der Waals surface area contributed by atoms with Crippen LogP contribution in [0.15, 0.2) is 18.2 Å². The lowest BCUT2D eigenvalue weighted by Gasteiger charge is -2.34. The Labute approximate surface area is 133 Å². The van der Waals surface area contributed by atoms with Crippen LogP contribution in [0.1, 0.15) is 32.3 Å². The van der Waals surface area contributed by atoms with Crippen molar-refractivity contribution in [1.82, 2.24) is 4.90 Å². The fraction of sp³-hybridized carbons (Fsp3) is 0.533. The van der Waals surface area contributed by atoms with Crippen LogP contribution in [0.2, 0.25) is 5.02 Å². The molecule has 120 valence electrons. The summed E-state index contributed by atoms with van der Waals surface area (Å²) >= 11 is 6.03. The third-order valence-electron chi connectivity index (χ3n) is 3.98. The fourth-order valence-electron chi connectivity index (χ4n) is 2.86. The smallest absolute Gasteiger partial charge is 0.270 e. The molecule has 0 aromatic heterocycles. The second kappa shape index (κ2) is 6.22. The normalized spacial score (nSPS) is 18.5. The summed E-state index contributed by atoms with van der Waals surface area (Å²) in [4.78, 5) is 24.3. The summed E-state index contributed by atoms with van der Waals surface area (Å²) < 4.78 is 0. The second-order valence-corrected chi connectivity index (χ2v) is 6.52. The molecule has 22 heavy (non-hydrogen) atoms. The van der Waals surface area contributed by atoms with Crippen molar-refractivity contribution in [2.45, 2.75) is 44.8 Å². The van der Waals surface area contributed by atoms with E-state index in [0.29, 0.717) is 12.1 Å². The number of halogens is 1. The lowest BCUT2D eigenvalue weighted by Crippen LogP contribution is -2.48. The number of carbonyl (C=O) groups is 1. The summed E-state index contributed by atoms with van der Waals surface area (Å²) in [6.45, 7) is 4.00. The van der Waals surface area contributed by atoms with E-state index in [1.54, 1.807) is 18.7 Å². The van der Waals surface area contributed by atoms with E-state index in [9.17, 15) is 20.0 Å². The highest BCUT2D eigenvalue weighted by molar-refractivity contribution is 6.31. The van der Waals surface area contributed by atoms with Crippen molar-refractivity contribution in [2.75, 3.05) is 6.54 Å². The minimum Gasteiger partial charge on any atom is -0.388 e. The molecule has 1 heterocycles. The molecule has 0 bridgehead atoms. The monoisotopic (exact) mass is 326 g/mol. The van der Waals surface area contributed by atoms with E-state index in [1.807, 2.05) is 0 Å². The van der Waals surface area contributed by atoms with Gasteiger partial charge in [0.1, 0.15) is 0 Å². The Kier molecular flexibility index (Phi) is 4.72. The molecule has 1 aliphatic rings. The summed E-state index contributed by atoms with van der Waals surface area (Å²) in [5.74, 6) is -0.125. The van der Waals surface area contributed by atoms with Gasteiger partial charge in [0.15, 0.2) is 0 Å². The number of nitro benzene ring substituents is 1. The zero-order chi connectivity index (χ0) is 16.5. The number of hydrogen-bond acceptors (Lipinski definition) is 4. The van der Waals surface area contributed by atoms with Crippen molar-refractivity contribution in [3.05, 3.63) is 38.9 Å². The summed E-state index contributed by atoms with van der Waals surface area (Å²) in [7, 11) is 0. The van der Waals surface area contributed by atoms with Crippen LogP contribution < -0.4 is 0 Å². The van der Waals surface area contributed by atoms with Crippen LogP contribution in [0, 0.1) is 10.1 Å². The van der Waals surface area contributed by atoms with Crippen molar-refractivity contribution in [1.29, 1.82) is 0 Å². The van der Waals surface area contributed by atoms with E-state index in [4.69, 9.17) is 11.6 Å². The van der Waals surface area contributed by atoms with E-state index in [-0.39, 0.29) is 29.1 Å². The molecule has 2 rings (SSSR count).